The van der Waals surface area contributed by atoms with E-state index in [1.54, 1.807) is 6.34 Å². The quantitative estimate of drug-likeness (QED) is 0.482. The minimum atomic E-state index is 0.741. The van der Waals surface area contributed by atoms with Crippen LogP contribution in [-0.2, 0) is 7.05 Å². The first kappa shape index (κ1) is 11.4. The zero-order valence-corrected chi connectivity index (χ0v) is 11.6. The summed E-state index contributed by atoms with van der Waals surface area (Å²) in [5.74, 6) is 0.741. The van der Waals surface area contributed by atoms with Gasteiger partial charge in [0.15, 0.2) is 5.82 Å². The van der Waals surface area contributed by atoms with Crippen LogP contribution in [0, 0.1) is 3.57 Å². The molecule has 2 rings (SSSR count). The molecule has 0 amide bonds. The van der Waals surface area contributed by atoms with Gasteiger partial charge in [0.2, 0.25) is 0 Å². The summed E-state index contributed by atoms with van der Waals surface area (Å²) in [7, 11) is 5.90. The van der Waals surface area contributed by atoms with E-state index in [2.05, 4.69) is 43.3 Å². The summed E-state index contributed by atoms with van der Waals surface area (Å²) >= 11 is 2.29. The van der Waals surface area contributed by atoms with Crippen LogP contribution in [0.4, 0.5) is 5.82 Å². The van der Waals surface area contributed by atoms with Crippen LogP contribution in [0.3, 0.4) is 0 Å². The van der Waals surface area contributed by atoms with Gasteiger partial charge >= 0.3 is 0 Å². The fourth-order valence-electron chi connectivity index (χ4n) is 1.45. The monoisotopic (exact) mass is 328 g/mol. The molecule has 2 aromatic heterocycles. The summed E-state index contributed by atoms with van der Waals surface area (Å²) in [4.78, 5) is 10.7. The highest BCUT2D eigenvalue weighted by molar-refractivity contribution is 14.1. The van der Waals surface area contributed by atoms with E-state index in [1.165, 1.54) is 0 Å². The predicted molar refractivity (Wildman–Crippen MR) is 75.3 cm³/mol. The molecule has 0 N–H and O–H groups in total. The van der Waals surface area contributed by atoms with Crippen molar-refractivity contribution in [2.45, 2.75) is 0 Å². The third-order valence-corrected chi connectivity index (χ3v) is 2.98. The van der Waals surface area contributed by atoms with Crippen molar-refractivity contribution in [3.63, 3.8) is 0 Å². The molecule has 0 aliphatic heterocycles. The van der Waals surface area contributed by atoms with Crippen molar-refractivity contribution in [2.75, 3.05) is 14.1 Å². The highest BCUT2D eigenvalue weighted by Gasteiger charge is 2.05. The third kappa shape index (κ3) is 2.18. The smallest absolute Gasteiger partial charge is 0.154 e. The van der Waals surface area contributed by atoms with Crippen LogP contribution >= 0.6 is 22.6 Å². The average Bonchev–Trinajstić information content (AvgIpc) is 2.52. The topological polar surface area (TPSA) is 33.4 Å². The van der Waals surface area contributed by atoms with Crippen LogP contribution < -0.4 is 0 Å². The molecule has 0 bridgehead atoms. The SMILES string of the molecule is CN(C)C=Nc1ccc2c(n1)c(I)cn2C. The van der Waals surface area contributed by atoms with Crippen molar-refractivity contribution in [1.29, 1.82) is 0 Å². The van der Waals surface area contributed by atoms with E-state index < -0.39 is 0 Å². The highest BCUT2D eigenvalue weighted by Crippen LogP contribution is 2.22. The Bertz CT molecular complexity index is 542. The Balaban J connectivity index is 2.47. The summed E-state index contributed by atoms with van der Waals surface area (Å²) in [6.07, 6.45) is 3.82. The fraction of sp³-hybridized carbons (Fsp3) is 0.273. The van der Waals surface area contributed by atoms with Crippen LogP contribution in [0.25, 0.3) is 11.0 Å². The fourth-order valence-corrected chi connectivity index (χ4v) is 2.26. The van der Waals surface area contributed by atoms with Crippen LogP contribution in [0.5, 0.6) is 0 Å². The molecule has 16 heavy (non-hydrogen) atoms. The van der Waals surface area contributed by atoms with E-state index >= 15 is 0 Å². The summed E-state index contributed by atoms with van der Waals surface area (Å²) in [5, 5.41) is 0. The molecule has 0 aliphatic rings. The van der Waals surface area contributed by atoms with Gasteiger partial charge in [-0.1, -0.05) is 0 Å². The lowest BCUT2D eigenvalue weighted by Gasteiger charge is -2.02. The molecule has 0 aromatic carbocycles. The molecular formula is C11H13IN4. The minimum absolute atomic E-state index is 0.741. The molecule has 0 spiro atoms. The summed E-state index contributed by atoms with van der Waals surface area (Å²) in [6, 6.07) is 3.98. The average molecular weight is 328 g/mol. The molecule has 0 saturated carbocycles. The molecule has 4 nitrogen and oxygen atoms in total. The van der Waals surface area contributed by atoms with Gasteiger partial charge in [-0.2, -0.15) is 0 Å². The first-order chi connectivity index (χ1) is 7.58. The molecular weight excluding hydrogens is 315 g/mol. The Kier molecular flexibility index (Phi) is 3.13. The van der Waals surface area contributed by atoms with Gasteiger partial charge in [0.05, 0.1) is 15.4 Å². The maximum atomic E-state index is 4.51. The highest BCUT2D eigenvalue weighted by atomic mass is 127. The van der Waals surface area contributed by atoms with Crippen molar-refractivity contribution in [3.05, 3.63) is 21.9 Å². The van der Waals surface area contributed by atoms with Crippen LogP contribution in [0.2, 0.25) is 0 Å². The van der Waals surface area contributed by atoms with E-state index in [1.807, 2.05) is 38.2 Å². The zero-order chi connectivity index (χ0) is 11.7. The van der Waals surface area contributed by atoms with Crippen molar-refractivity contribution in [3.8, 4) is 0 Å². The number of hydrogen-bond acceptors (Lipinski definition) is 2. The van der Waals surface area contributed by atoms with Gasteiger partial charge < -0.3 is 9.47 Å². The number of pyridine rings is 1. The van der Waals surface area contributed by atoms with Crippen LogP contribution in [0.15, 0.2) is 23.3 Å². The Morgan fingerprint density at radius 3 is 2.88 bits per heavy atom. The number of hydrogen-bond donors (Lipinski definition) is 0. The van der Waals surface area contributed by atoms with Gasteiger partial charge in [-0.05, 0) is 34.7 Å². The Labute approximate surface area is 108 Å². The predicted octanol–water partition coefficient (Wildman–Crippen LogP) is 2.40. The van der Waals surface area contributed by atoms with E-state index in [4.69, 9.17) is 0 Å². The van der Waals surface area contributed by atoms with Crippen LogP contribution in [0.1, 0.15) is 0 Å². The molecule has 0 saturated heterocycles. The molecule has 84 valence electrons. The first-order valence-electron chi connectivity index (χ1n) is 4.90. The van der Waals surface area contributed by atoms with E-state index in [0.29, 0.717) is 0 Å². The van der Waals surface area contributed by atoms with Crippen molar-refractivity contribution >= 4 is 45.8 Å². The summed E-state index contributed by atoms with van der Waals surface area (Å²) < 4.78 is 3.22. The molecule has 2 aromatic rings. The molecule has 2 heterocycles. The lowest BCUT2D eigenvalue weighted by Crippen LogP contribution is -2.07. The zero-order valence-electron chi connectivity index (χ0n) is 9.48. The lowest BCUT2D eigenvalue weighted by molar-refractivity contribution is 0.643. The Morgan fingerprint density at radius 2 is 2.19 bits per heavy atom. The number of aromatic nitrogens is 2. The summed E-state index contributed by atoms with van der Waals surface area (Å²) in [6.45, 7) is 0. The van der Waals surface area contributed by atoms with Gasteiger partial charge in [-0.15, -0.1) is 0 Å². The molecule has 0 fully saturated rings. The Hall–Kier alpha value is -1.11. The van der Waals surface area contributed by atoms with Crippen molar-refractivity contribution < 1.29 is 0 Å². The van der Waals surface area contributed by atoms with Gasteiger partial charge in [-0.25, -0.2) is 9.98 Å². The van der Waals surface area contributed by atoms with Gasteiger partial charge in [0, 0.05) is 27.3 Å². The maximum absolute atomic E-state index is 4.51. The molecule has 0 unspecified atom stereocenters. The van der Waals surface area contributed by atoms with E-state index in [0.717, 1.165) is 20.4 Å². The first-order valence-corrected chi connectivity index (χ1v) is 5.98. The number of fused-ring (bicyclic) bond motifs is 1. The number of nitrogens with zero attached hydrogens (tertiary/aromatic N) is 4. The molecule has 5 heteroatoms. The standard InChI is InChI=1S/C11H13IN4/c1-15(2)7-13-10-5-4-9-11(14-10)8(12)6-16(9)3/h4-7H,1-3H3. The number of aliphatic imine (C=N–C) groups is 1. The van der Waals surface area contributed by atoms with E-state index in [-0.39, 0.29) is 0 Å². The van der Waals surface area contributed by atoms with Gasteiger partial charge in [0.25, 0.3) is 0 Å². The molecule has 0 radical (unpaired) electrons. The third-order valence-electron chi connectivity index (χ3n) is 2.19. The van der Waals surface area contributed by atoms with E-state index in [9.17, 15) is 0 Å². The maximum Gasteiger partial charge on any atom is 0.154 e. The van der Waals surface area contributed by atoms with Gasteiger partial charge in [-0.3, -0.25) is 0 Å². The normalized spacial score (nSPS) is 11.5. The Morgan fingerprint density at radius 1 is 1.44 bits per heavy atom. The number of rotatable bonds is 2. The van der Waals surface area contributed by atoms with Crippen molar-refractivity contribution in [1.82, 2.24) is 14.5 Å². The minimum Gasteiger partial charge on any atom is -0.369 e. The second kappa shape index (κ2) is 4.40. The second-order valence-corrected chi connectivity index (χ2v) is 5.00. The number of aryl methyl sites for hydroxylation is 1. The van der Waals surface area contributed by atoms with Gasteiger partial charge in [0.1, 0.15) is 5.52 Å². The molecule has 0 aliphatic carbocycles. The second-order valence-electron chi connectivity index (χ2n) is 3.83. The summed E-state index contributed by atoms with van der Waals surface area (Å²) in [5.41, 5.74) is 2.14. The van der Waals surface area contributed by atoms with Crippen LogP contribution in [-0.4, -0.2) is 34.9 Å². The largest absolute Gasteiger partial charge is 0.369 e. The van der Waals surface area contributed by atoms with Crippen molar-refractivity contribution in [2.24, 2.45) is 12.0 Å². The molecule has 0 atom stereocenters. The number of halogens is 1. The lowest BCUT2D eigenvalue weighted by atomic mass is 10.4.